The van der Waals surface area contributed by atoms with Crippen molar-refractivity contribution in [3.8, 4) is 17.0 Å². The van der Waals surface area contributed by atoms with Gasteiger partial charge in [-0.2, -0.15) is 0 Å². The quantitative estimate of drug-likeness (QED) is 0.718. The Labute approximate surface area is 143 Å². The summed E-state index contributed by atoms with van der Waals surface area (Å²) < 4.78 is 5.24. The topological polar surface area (TPSA) is 83.4 Å². The molecule has 1 aliphatic rings. The molecule has 0 unspecified atom stereocenters. The number of benzene rings is 2. The third-order valence-corrected chi connectivity index (χ3v) is 4.37. The van der Waals surface area contributed by atoms with Crippen LogP contribution in [0.4, 0.5) is 11.4 Å². The van der Waals surface area contributed by atoms with Gasteiger partial charge in [-0.1, -0.05) is 0 Å². The minimum Gasteiger partial charge on any atom is -0.497 e. The number of anilines is 1. The molecule has 25 heavy (non-hydrogen) atoms. The van der Waals surface area contributed by atoms with Crippen molar-refractivity contribution in [2.45, 2.75) is 6.42 Å². The van der Waals surface area contributed by atoms with Crippen LogP contribution in [-0.4, -0.2) is 30.0 Å². The first-order valence-corrected chi connectivity index (χ1v) is 7.75. The Bertz CT molecular complexity index is 1020. The number of carbonyl (C=O) groups excluding carboxylic acids is 1. The molecule has 0 radical (unpaired) electrons. The highest BCUT2D eigenvalue weighted by molar-refractivity contribution is 6.05. The first kappa shape index (κ1) is 15.2. The fourth-order valence-electron chi connectivity index (χ4n) is 3.19. The first-order chi connectivity index (χ1) is 12.1. The number of ether oxygens (including phenoxy) is 1. The third-order valence-electron chi connectivity index (χ3n) is 4.37. The summed E-state index contributed by atoms with van der Waals surface area (Å²) in [6.45, 7) is 0. The Morgan fingerprint density at radius 2 is 1.96 bits per heavy atom. The molecule has 1 aliphatic heterocycles. The van der Waals surface area contributed by atoms with E-state index in [0.717, 1.165) is 27.7 Å². The lowest BCUT2D eigenvalue weighted by molar-refractivity contribution is -0.736. The maximum absolute atomic E-state index is 12.4. The molecule has 7 nitrogen and oxygen atoms in total. The zero-order chi connectivity index (χ0) is 17.6. The predicted octanol–water partition coefficient (Wildman–Crippen LogP) is 3.31. The Morgan fingerprint density at radius 1 is 1.12 bits per heavy atom. The van der Waals surface area contributed by atoms with Gasteiger partial charge in [0.05, 0.1) is 29.8 Å². The molecule has 126 valence electrons. The van der Waals surface area contributed by atoms with Crippen molar-refractivity contribution < 1.29 is 19.3 Å². The molecule has 2 aromatic carbocycles. The van der Waals surface area contributed by atoms with Gasteiger partial charge >= 0.3 is 5.69 Å². The molecule has 3 aromatic rings. The zero-order valence-electron chi connectivity index (χ0n) is 13.8. The lowest BCUT2D eigenvalue weighted by Gasteiger charge is -2.09. The summed E-state index contributed by atoms with van der Waals surface area (Å²) >= 11 is 0. The van der Waals surface area contributed by atoms with E-state index in [-0.39, 0.29) is 12.3 Å². The minimum atomic E-state index is -0.120. The lowest BCUT2D eigenvalue weighted by atomic mass is 10.0. The van der Waals surface area contributed by atoms with E-state index in [0.29, 0.717) is 22.0 Å². The normalized spacial score (nSPS) is 12.8. The Hall–Kier alpha value is -3.35. The van der Waals surface area contributed by atoms with Crippen LogP contribution in [0, 0.1) is 4.91 Å². The predicted molar refractivity (Wildman–Crippen MR) is 92.9 cm³/mol. The van der Waals surface area contributed by atoms with Crippen LogP contribution in [0.15, 0.2) is 36.4 Å². The molecule has 0 bridgehead atoms. The average molecular weight is 338 g/mol. The smallest absolute Gasteiger partial charge is 0.317 e. The summed E-state index contributed by atoms with van der Waals surface area (Å²) in [7, 11) is 2.90. The third kappa shape index (κ3) is 2.40. The second-order valence-electron chi connectivity index (χ2n) is 5.78. The average Bonchev–Trinajstić information content (AvgIpc) is 2.91. The van der Waals surface area contributed by atoms with Crippen molar-refractivity contribution in [2.75, 3.05) is 19.5 Å². The number of rotatable bonds is 3. The second-order valence-corrected chi connectivity index (χ2v) is 5.78. The monoisotopic (exact) mass is 338 g/mol. The van der Waals surface area contributed by atoms with Gasteiger partial charge in [0.2, 0.25) is 5.91 Å². The summed E-state index contributed by atoms with van der Waals surface area (Å²) in [4.78, 5) is 32.6. The van der Waals surface area contributed by atoms with Gasteiger partial charge in [0, 0.05) is 34.7 Å². The van der Waals surface area contributed by atoms with Gasteiger partial charge in [0.1, 0.15) is 5.75 Å². The molecule has 7 heteroatoms. The van der Waals surface area contributed by atoms with Crippen LogP contribution in [-0.2, 0) is 16.1 Å². The van der Waals surface area contributed by atoms with Crippen LogP contribution in [0.1, 0.15) is 5.56 Å². The van der Waals surface area contributed by atoms with Gasteiger partial charge in [-0.25, -0.2) is 4.84 Å². The van der Waals surface area contributed by atoms with Crippen LogP contribution in [0.25, 0.3) is 22.2 Å². The number of fused-ring (bicyclic) bond motifs is 5. The fraction of sp³-hybridized carbons (Fsp3) is 0.167. The van der Waals surface area contributed by atoms with Crippen molar-refractivity contribution in [3.05, 3.63) is 46.9 Å². The van der Waals surface area contributed by atoms with Gasteiger partial charge < -0.3 is 15.0 Å². The van der Waals surface area contributed by atoms with Crippen molar-refractivity contribution in [3.63, 3.8) is 0 Å². The van der Waals surface area contributed by atoms with E-state index in [1.54, 1.807) is 25.3 Å². The Morgan fingerprint density at radius 3 is 2.72 bits per heavy atom. The standard InChI is InChI=1S/C18H15N3O4/c1-24-11-4-5-12-16(8-11)19-17(22)9-14-13-7-10(21(23)25-2)3-6-15(13)20-18(12)14/h3-8H,9H2,1-2H3,(H-,19,20,22,23)/p+1. The van der Waals surface area contributed by atoms with E-state index in [9.17, 15) is 9.70 Å². The van der Waals surface area contributed by atoms with Gasteiger partial charge in [-0.05, 0) is 23.8 Å². The fourth-order valence-corrected chi connectivity index (χ4v) is 3.19. The highest BCUT2D eigenvalue weighted by atomic mass is 16.8. The largest absolute Gasteiger partial charge is 0.497 e. The maximum Gasteiger partial charge on any atom is 0.317 e. The van der Waals surface area contributed by atoms with Crippen LogP contribution in [0.2, 0.25) is 0 Å². The highest BCUT2D eigenvalue weighted by Gasteiger charge is 2.25. The van der Waals surface area contributed by atoms with E-state index in [4.69, 9.17) is 9.57 Å². The molecule has 1 aromatic heterocycles. The van der Waals surface area contributed by atoms with Crippen molar-refractivity contribution in [1.82, 2.24) is 4.98 Å². The van der Waals surface area contributed by atoms with E-state index >= 15 is 0 Å². The van der Waals surface area contributed by atoms with Crippen LogP contribution in [0.5, 0.6) is 5.75 Å². The van der Waals surface area contributed by atoms with E-state index in [1.807, 2.05) is 18.2 Å². The molecule has 1 amide bonds. The molecular formula is C18H16N3O4+. The van der Waals surface area contributed by atoms with Gasteiger partial charge in [0.25, 0.3) is 4.92 Å². The number of aromatic nitrogens is 1. The summed E-state index contributed by atoms with van der Waals surface area (Å²) in [5.74, 6) is 0.549. The second kappa shape index (κ2) is 5.62. The number of nitrogens with one attached hydrogen (secondary N) is 2. The SMILES string of the molecule is COc1ccc2c(c1)NC(=O)Cc1c-2[nH]c2ccc([N+](=O)OC)cc12. The number of hydrogen-bond acceptors (Lipinski definition) is 4. The molecule has 2 heterocycles. The summed E-state index contributed by atoms with van der Waals surface area (Å²) in [5.41, 5.74) is 4.51. The van der Waals surface area contributed by atoms with Crippen LogP contribution < -0.4 is 10.1 Å². The van der Waals surface area contributed by atoms with Gasteiger partial charge in [-0.15, -0.1) is 0 Å². The first-order valence-electron chi connectivity index (χ1n) is 7.75. The molecular weight excluding hydrogens is 322 g/mol. The maximum atomic E-state index is 12.4. The van der Waals surface area contributed by atoms with E-state index in [2.05, 4.69) is 10.3 Å². The van der Waals surface area contributed by atoms with Crippen LogP contribution >= 0.6 is 0 Å². The van der Waals surface area contributed by atoms with Crippen LogP contribution in [0.3, 0.4) is 0 Å². The number of nitrogens with zero attached hydrogens (tertiary/aromatic N) is 1. The number of methoxy groups -OCH3 is 1. The summed E-state index contributed by atoms with van der Waals surface area (Å²) in [6, 6.07) is 10.8. The van der Waals surface area contributed by atoms with Crippen molar-refractivity contribution in [1.29, 1.82) is 0 Å². The molecule has 0 atom stereocenters. The summed E-state index contributed by atoms with van der Waals surface area (Å²) in [5, 5.41) is 3.73. The van der Waals surface area contributed by atoms with Crippen molar-refractivity contribution in [2.24, 2.45) is 0 Å². The molecule has 0 saturated heterocycles. The Balaban J connectivity index is 1.96. The highest BCUT2D eigenvalue weighted by Crippen LogP contribution is 2.39. The molecule has 2 N–H and O–H groups in total. The van der Waals surface area contributed by atoms with E-state index < -0.39 is 0 Å². The number of hydrogen-bond donors (Lipinski definition) is 2. The molecule has 0 aliphatic carbocycles. The number of aromatic amines is 1. The zero-order valence-corrected chi connectivity index (χ0v) is 13.8. The number of H-pyrrole nitrogens is 1. The lowest BCUT2D eigenvalue weighted by Crippen LogP contribution is -2.12. The number of amides is 1. The Kier molecular flexibility index (Phi) is 3.42. The molecule has 0 saturated carbocycles. The molecule has 4 rings (SSSR count). The number of carbonyl (C=O) groups is 1. The molecule has 0 spiro atoms. The van der Waals surface area contributed by atoms with E-state index in [1.165, 1.54) is 7.11 Å². The minimum absolute atomic E-state index is 0.120. The summed E-state index contributed by atoms with van der Waals surface area (Å²) in [6.07, 6.45) is 0.210. The van der Waals surface area contributed by atoms with Gasteiger partial charge in [0.15, 0.2) is 7.11 Å². The van der Waals surface area contributed by atoms with Gasteiger partial charge in [-0.3, -0.25) is 4.79 Å². The van der Waals surface area contributed by atoms with Crippen molar-refractivity contribution >= 4 is 28.2 Å². The molecule has 0 fully saturated rings.